The minimum atomic E-state index is -0.357. The molecule has 1 amide bonds. The Morgan fingerprint density at radius 3 is 2.46 bits per heavy atom. The van der Waals surface area contributed by atoms with E-state index in [-0.39, 0.29) is 5.91 Å². The minimum absolute atomic E-state index is 0.357. The average molecular weight is 328 g/mol. The Kier molecular flexibility index (Phi) is 5.78. The molecule has 0 saturated carbocycles. The van der Waals surface area contributed by atoms with E-state index in [1.165, 1.54) is 13.3 Å². The quantitative estimate of drug-likeness (QED) is 0.654. The SMILES string of the molecule is COc1cc(C)ccc1C(=O)N/N=C\c1cccc(OC)c1OC. The molecule has 0 aromatic heterocycles. The van der Waals surface area contributed by atoms with Crippen molar-refractivity contribution in [1.29, 1.82) is 0 Å². The van der Waals surface area contributed by atoms with E-state index in [9.17, 15) is 4.79 Å². The monoisotopic (exact) mass is 328 g/mol. The third kappa shape index (κ3) is 3.84. The maximum absolute atomic E-state index is 12.2. The van der Waals surface area contributed by atoms with Crippen LogP contribution in [0.5, 0.6) is 17.2 Å². The zero-order valence-corrected chi connectivity index (χ0v) is 14.1. The number of rotatable bonds is 6. The lowest BCUT2D eigenvalue weighted by molar-refractivity contribution is 0.0952. The Balaban J connectivity index is 2.16. The third-order valence-electron chi connectivity index (χ3n) is 3.40. The molecule has 0 aliphatic carbocycles. The summed E-state index contributed by atoms with van der Waals surface area (Å²) in [6.07, 6.45) is 1.50. The number of nitrogens with one attached hydrogen (secondary N) is 1. The molecule has 0 unspecified atom stereocenters. The molecule has 0 aliphatic heterocycles. The number of carbonyl (C=O) groups is 1. The highest BCUT2D eigenvalue weighted by atomic mass is 16.5. The van der Waals surface area contributed by atoms with Gasteiger partial charge in [0.05, 0.1) is 33.1 Å². The Labute approximate surface area is 141 Å². The van der Waals surface area contributed by atoms with E-state index in [1.807, 2.05) is 25.1 Å². The first-order valence-corrected chi connectivity index (χ1v) is 7.29. The fourth-order valence-electron chi connectivity index (χ4n) is 2.22. The fourth-order valence-corrected chi connectivity index (χ4v) is 2.22. The summed E-state index contributed by atoms with van der Waals surface area (Å²) < 4.78 is 15.8. The molecule has 2 aromatic rings. The summed E-state index contributed by atoms with van der Waals surface area (Å²) in [6.45, 7) is 1.93. The van der Waals surface area contributed by atoms with Gasteiger partial charge in [0.15, 0.2) is 11.5 Å². The second-order valence-electron chi connectivity index (χ2n) is 4.99. The molecule has 1 N–H and O–H groups in total. The molecule has 0 saturated heterocycles. The lowest BCUT2D eigenvalue weighted by Crippen LogP contribution is -2.18. The summed E-state index contributed by atoms with van der Waals surface area (Å²) in [7, 11) is 4.63. The molecular weight excluding hydrogens is 308 g/mol. The summed E-state index contributed by atoms with van der Waals surface area (Å²) in [5.41, 5.74) is 4.59. The van der Waals surface area contributed by atoms with Gasteiger partial charge in [-0.3, -0.25) is 4.79 Å². The van der Waals surface area contributed by atoms with E-state index < -0.39 is 0 Å². The van der Waals surface area contributed by atoms with Gasteiger partial charge in [0.1, 0.15) is 5.75 Å². The smallest absolute Gasteiger partial charge is 0.275 e. The van der Waals surface area contributed by atoms with Crippen LogP contribution >= 0.6 is 0 Å². The zero-order chi connectivity index (χ0) is 17.5. The molecule has 0 atom stereocenters. The van der Waals surface area contributed by atoms with Gasteiger partial charge in [0.2, 0.25) is 0 Å². The van der Waals surface area contributed by atoms with Crippen LogP contribution in [-0.4, -0.2) is 33.5 Å². The highest BCUT2D eigenvalue weighted by Gasteiger charge is 2.12. The molecule has 6 heteroatoms. The zero-order valence-electron chi connectivity index (χ0n) is 14.1. The van der Waals surface area contributed by atoms with Gasteiger partial charge >= 0.3 is 0 Å². The molecule has 6 nitrogen and oxygen atoms in total. The van der Waals surface area contributed by atoms with Crippen LogP contribution < -0.4 is 19.6 Å². The highest BCUT2D eigenvalue weighted by molar-refractivity contribution is 5.97. The van der Waals surface area contributed by atoms with Crippen LogP contribution in [0, 0.1) is 6.92 Å². The van der Waals surface area contributed by atoms with Gasteiger partial charge in [-0.1, -0.05) is 12.1 Å². The lowest BCUT2D eigenvalue weighted by atomic mass is 10.1. The van der Waals surface area contributed by atoms with Crippen molar-refractivity contribution >= 4 is 12.1 Å². The third-order valence-corrected chi connectivity index (χ3v) is 3.40. The van der Waals surface area contributed by atoms with Crippen molar-refractivity contribution < 1.29 is 19.0 Å². The van der Waals surface area contributed by atoms with Gasteiger partial charge in [0.25, 0.3) is 5.91 Å². The molecule has 0 bridgehead atoms. The number of carbonyl (C=O) groups excluding carboxylic acids is 1. The second kappa shape index (κ2) is 8.01. The highest BCUT2D eigenvalue weighted by Crippen LogP contribution is 2.29. The molecule has 24 heavy (non-hydrogen) atoms. The number of amides is 1. The van der Waals surface area contributed by atoms with Crippen LogP contribution in [0.25, 0.3) is 0 Å². The Bertz CT molecular complexity index is 757. The number of benzene rings is 2. The van der Waals surface area contributed by atoms with Crippen molar-refractivity contribution in [2.45, 2.75) is 6.92 Å². The first kappa shape index (κ1) is 17.3. The largest absolute Gasteiger partial charge is 0.496 e. The molecule has 0 fully saturated rings. The van der Waals surface area contributed by atoms with Gasteiger partial charge in [-0.25, -0.2) is 5.43 Å². The Morgan fingerprint density at radius 1 is 1.04 bits per heavy atom. The summed E-state index contributed by atoms with van der Waals surface area (Å²) in [4.78, 5) is 12.2. The predicted octanol–water partition coefficient (Wildman–Crippen LogP) is 2.78. The lowest BCUT2D eigenvalue weighted by Gasteiger charge is -2.10. The van der Waals surface area contributed by atoms with Crippen molar-refractivity contribution in [1.82, 2.24) is 5.43 Å². The maximum Gasteiger partial charge on any atom is 0.275 e. The van der Waals surface area contributed by atoms with Gasteiger partial charge < -0.3 is 14.2 Å². The van der Waals surface area contributed by atoms with Gasteiger partial charge in [-0.2, -0.15) is 5.10 Å². The second-order valence-corrected chi connectivity index (χ2v) is 4.99. The number of aryl methyl sites for hydroxylation is 1. The molecule has 126 valence electrons. The number of hydrogen-bond donors (Lipinski definition) is 1. The van der Waals surface area contributed by atoms with Crippen LogP contribution in [0.3, 0.4) is 0 Å². The molecule has 0 spiro atoms. The van der Waals surface area contributed by atoms with Crippen molar-refractivity contribution in [3.05, 3.63) is 53.1 Å². The number of methoxy groups -OCH3 is 3. The molecule has 0 heterocycles. The van der Waals surface area contributed by atoms with Gasteiger partial charge in [-0.05, 0) is 36.8 Å². The maximum atomic E-state index is 12.2. The number of ether oxygens (including phenoxy) is 3. The summed E-state index contributed by atoms with van der Waals surface area (Å²) in [5.74, 6) is 1.28. The topological polar surface area (TPSA) is 69.2 Å². The number of para-hydroxylation sites is 1. The van der Waals surface area contributed by atoms with Crippen molar-refractivity contribution in [3.8, 4) is 17.2 Å². The molecule has 0 radical (unpaired) electrons. The van der Waals surface area contributed by atoms with E-state index in [4.69, 9.17) is 14.2 Å². The van der Waals surface area contributed by atoms with Crippen LogP contribution in [-0.2, 0) is 0 Å². The van der Waals surface area contributed by atoms with Crippen molar-refractivity contribution in [2.24, 2.45) is 5.10 Å². The normalized spacial score (nSPS) is 10.5. The summed E-state index contributed by atoms with van der Waals surface area (Å²) >= 11 is 0. The van der Waals surface area contributed by atoms with Crippen LogP contribution in [0.1, 0.15) is 21.5 Å². The van der Waals surface area contributed by atoms with E-state index in [1.54, 1.807) is 32.4 Å². The average Bonchev–Trinajstić information content (AvgIpc) is 2.60. The van der Waals surface area contributed by atoms with Crippen molar-refractivity contribution in [3.63, 3.8) is 0 Å². The number of hydrogen-bond acceptors (Lipinski definition) is 5. The first-order chi connectivity index (χ1) is 11.6. The molecule has 2 rings (SSSR count). The van der Waals surface area contributed by atoms with E-state index >= 15 is 0 Å². The Morgan fingerprint density at radius 2 is 1.79 bits per heavy atom. The molecular formula is C18H20N2O4. The summed E-state index contributed by atoms with van der Waals surface area (Å²) in [5, 5.41) is 3.98. The van der Waals surface area contributed by atoms with Gasteiger partial charge in [0, 0.05) is 5.56 Å². The van der Waals surface area contributed by atoms with E-state index in [0.717, 1.165) is 5.56 Å². The van der Waals surface area contributed by atoms with Crippen LogP contribution in [0.15, 0.2) is 41.5 Å². The van der Waals surface area contributed by atoms with Gasteiger partial charge in [-0.15, -0.1) is 0 Å². The summed E-state index contributed by atoms with van der Waals surface area (Å²) in [6, 6.07) is 10.7. The predicted molar refractivity (Wildman–Crippen MR) is 92.3 cm³/mol. The van der Waals surface area contributed by atoms with Crippen LogP contribution in [0.4, 0.5) is 0 Å². The number of nitrogens with zero attached hydrogens (tertiary/aromatic N) is 1. The molecule has 0 aliphatic rings. The van der Waals surface area contributed by atoms with Crippen LogP contribution in [0.2, 0.25) is 0 Å². The van der Waals surface area contributed by atoms with Crippen molar-refractivity contribution in [2.75, 3.05) is 21.3 Å². The molecule has 2 aromatic carbocycles. The Hall–Kier alpha value is -3.02. The van der Waals surface area contributed by atoms with E-state index in [0.29, 0.717) is 28.4 Å². The standard InChI is InChI=1S/C18H20N2O4/c1-12-8-9-14(16(10-12)23-3)18(21)20-19-11-13-6-5-7-15(22-2)17(13)24-4/h5-11H,1-4H3,(H,20,21)/b19-11-. The fraction of sp³-hybridized carbons (Fsp3) is 0.222. The van der Waals surface area contributed by atoms with E-state index in [2.05, 4.69) is 10.5 Å². The number of hydrazone groups is 1. The first-order valence-electron chi connectivity index (χ1n) is 7.29. The minimum Gasteiger partial charge on any atom is -0.496 e.